The Bertz CT molecular complexity index is 6460. The molecule has 758 valence electrons. The third kappa shape index (κ3) is 23.9. The third-order valence-corrected chi connectivity index (χ3v) is 29.1. The van der Waals surface area contributed by atoms with Gasteiger partial charge in [0, 0.05) is 111 Å². The lowest BCUT2D eigenvalue weighted by atomic mass is 10.1. The van der Waals surface area contributed by atoms with Crippen molar-refractivity contribution in [1.29, 1.82) is 0 Å². The van der Waals surface area contributed by atoms with Gasteiger partial charge in [0.2, 0.25) is 5.95 Å². The Morgan fingerprint density at radius 3 is 1.09 bits per heavy atom. The fourth-order valence-electron chi connectivity index (χ4n) is 16.1. The second-order valence-electron chi connectivity index (χ2n) is 30.5. The lowest BCUT2D eigenvalue weighted by Gasteiger charge is -2.37. The van der Waals surface area contributed by atoms with Gasteiger partial charge in [-0.3, -0.25) is 99.1 Å². The van der Waals surface area contributed by atoms with Gasteiger partial charge < -0.3 is 169 Å². The van der Waals surface area contributed by atoms with Crippen molar-refractivity contribution < 1.29 is 168 Å². The number of hydrogen-bond acceptors (Lipinski definition) is 53. The lowest BCUT2D eigenvalue weighted by molar-refractivity contribution is -0.241. The number of ether oxygens (including phenoxy) is 13. The summed E-state index contributed by atoms with van der Waals surface area (Å²) in [6, 6.07) is 4.64. The van der Waals surface area contributed by atoms with Crippen LogP contribution in [0.25, 0.3) is 11.2 Å². The first kappa shape index (κ1) is 105. The van der Waals surface area contributed by atoms with Gasteiger partial charge in [0.05, 0.1) is 58.2 Å². The molecule has 7 aromatic rings. The molecular weight excluding hydrogens is 2010 g/mol. The van der Waals surface area contributed by atoms with Gasteiger partial charge in [-0.1, -0.05) is 18.7 Å². The number of anilines is 2. The molecule has 7 aliphatic rings. The molecule has 137 heavy (non-hydrogen) atoms. The van der Waals surface area contributed by atoms with Crippen molar-refractivity contribution in [2.75, 3.05) is 100 Å². The third-order valence-electron chi connectivity index (χ3n) is 22.2. The SMILES string of the molecule is CC[C@H]1O[C@@H](n2ccc(=O)[nH]c2=O)C(OC)[C@H]1OP(=O)([O-])OC[C@H]1O[C@@H](n2cnc3c(=O)[nH]c(N)nc32)C(OC)[C@H]1OP(=O)([O-])OC[C@H]1O[C@@H](n2ccc(N)nc2=O)C(OC)[C@H]1OP(=O)([O-])OC[C@H]1O[C@@H](n2ccc(=O)[nH]c2=O)C(OC)[C@H]1OP(=O)([O-])OC[C@H]1O[C@@H](n2ccc(=O)[nH]c2=O)C(OC)[C@H]1OP(=O)([S-])OC[C@H]1O[C@@H](n2ccc(=O)[nH]c2=O)C(OC)[C@H]1OP([O-])(=S)O[C@H]1CCO[C@H]1CO. The molecular formula is C67H86N16O46P6S2-6. The van der Waals surface area contributed by atoms with Crippen LogP contribution in [0.3, 0.4) is 0 Å². The van der Waals surface area contributed by atoms with Crippen molar-refractivity contribution in [2.24, 2.45) is 0 Å². The number of nitrogen functional groups attached to an aromatic ring is 2. The van der Waals surface area contributed by atoms with E-state index in [1.807, 2.05) is 19.9 Å². The average molecular weight is 2100 g/mol. The summed E-state index contributed by atoms with van der Waals surface area (Å²) in [5, 5.41) is 9.89. The molecule has 7 saturated heterocycles. The van der Waals surface area contributed by atoms with E-state index in [-0.39, 0.29) is 36.4 Å². The van der Waals surface area contributed by atoms with Crippen LogP contribution in [-0.2, 0) is 163 Å². The first-order chi connectivity index (χ1) is 64.8. The number of hydrogen-bond donors (Lipinski definition) is 8. The molecule has 32 atom stereocenters. The molecule has 0 amide bonds. The van der Waals surface area contributed by atoms with Crippen molar-refractivity contribution in [1.82, 2.24) is 67.3 Å². The van der Waals surface area contributed by atoms with Crippen LogP contribution in [0.1, 0.15) is 57.1 Å². The van der Waals surface area contributed by atoms with E-state index in [4.69, 9.17) is 151 Å². The first-order valence-electron chi connectivity index (χ1n) is 40.4. The monoisotopic (exact) mass is 2100 g/mol. The van der Waals surface area contributed by atoms with Crippen LogP contribution < -0.4 is 92.2 Å². The van der Waals surface area contributed by atoms with Gasteiger partial charge in [-0.25, -0.2) is 29.0 Å². The van der Waals surface area contributed by atoms with Crippen molar-refractivity contribution in [3.05, 3.63) is 172 Å². The summed E-state index contributed by atoms with van der Waals surface area (Å²) in [6.07, 6.45) is -40.2. The number of rotatable bonds is 43. The number of fused-ring (bicyclic) bond motifs is 1. The highest BCUT2D eigenvalue weighted by Crippen LogP contribution is 2.57. The van der Waals surface area contributed by atoms with E-state index in [1.54, 1.807) is 6.92 Å². The summed E-state index contributed by atoms with van der Waals surface area (Å²) in [7, 11) is -18.2. The molecule has 0 bridgehead atoms. The van der Waals surface area contributed by atoms with Crippen molar-refractivity contribution >= 4 is 91.8 Å². The van der Waals surface area contributed by atoms with Gasteiger partial charge in [0.15, 0.2) is 55.3 Å². The molecule has 7 aromatic heterocycles. The topological polar surface area (TPSA) is 822 Å². The molecule has 62 nitrogen and oxygen atoms in total. The van der Waals surface area contributed by atoms with Gasteiger partial charge in [-0.05, 0) is 12.5 Å². The van der Waals surface area contributed by atoms with E-state index in [2.05, 4.69) is 19.9 Å². The Morgan fingerprint density at radius 2 is 0.752 bits per heavy atom. The Balaban J connectivity index is 0.706. The highest BCUT2D eigenvalue weighted by atomic mass is 32.7. The molecule has 0 aromatic carbocycles. The first-order valence-corrected chi connectivity index (χ1v) is 51.3. The number of aromatic amines is 5. The van der Waals surface area contributed by atoms with Crippen LogP contribution in [0.15, 0.2) is 116 Å². The molecule has 0 aliphatic carbocycles. The van der Waals surface area contributed by atoms with Crippen molar-refractivity contribution in [2.45, 2.75) is 179 Å². The summed E-state index contributed by atoms with van der Waals surface area (Å²) >= 11 is 10.7. The molecule has 70 heteroatoms. The summed E-state index contributed by atoms with van der Waals surface area (Å²) in [4.78, 5) is 223. The maximum atomic E-state index is 14.8. The fourth-order valence-corrected chi connectivity index (χ4v) is 23.1. The fraction of sp³-hybridized carbons (Fsp3) is 0.627. The zero-order valence-corrected chi connectivity index (χ0v) is 78.7. The quantitative estimate of drug-likeness (QED) is 0.0130. The highest BCUT2D eigenvalue weighted by Gasteiger charge is 2.57. The molecule has 0 saturated carbocycles. The lowest BCUT2D eigenvalue weighted by Crippen LogP contribution is -2.42. The number of phosphoric acid groups is 4. The van der Waals surface area contributed by atoms with Crippen molar-refractivity contribution in [3.8, 4) is 0 Å². The number of phosphoric ester groups is 4. The maximum absolute atomic E-state index is 14.8. The predicted octanol–water partition coefficient (Wildman–Crippen LogP) is -7.70. The molecule has 12 unspecified atom stereocenters. The number of aliphatic hydroxyl groups is 1. The minimum absolute atomic E-state index is 0.0178. The zero-order valence-electron chi connectivity index (χ0n) is 71.7. The standard InChI is InChI=1S/C67H92N16O46P6S2/c1-8-28-42(48(105-2)56(117-28)79-16-10-37(85)72-64(79)91)124-130(95,96)112-24-33-45(51(108-5)61(122-33)83-27-70-41-54(83)76-62(69)77-55(41)89)127-132(99,100)114-22-31-43(49(106-3)57(118-31)78-15-9-36(68)71-63(78)90)125-131(97,98)113-23-32-44(50(107-4)58(119-32)80-17-11-38(86)73-65(80)92)126-133(101,102)115-25-34-46(52(109-6)59(120-34)81-18-12-39(87)74-66(81)93)128-134(103,136)116-26-35-47(129-135(104,137)123-29-14-20-111-30(29)21-84)53(110-7)60(121-35)82-19-13-40(88)75-67(82)94/h9-13,15-19,27-35,42-53,56-61,84H,8,14,20-26H2,1-7H3,(H,95,96)(H,97,98)(H,99,100)(H,101,102)(H,103,136)(H,104,137)(H2,68,71,90)(H,72,85,91)(H,73,86,92)(H,74,87,93)(H,75,88,94)(H3,69,76,77,89)/p-6/t28-,29+,30+,31-,32-,33-,34-,35-,42+,43+,44+,45+,46+,47+,48?,49?,50?,51?,52?,53?,56-,57-,58-,59-,60-,61-,134?,135?/m1/s1. The van der Waals surface area contributed by atoms with Crippen LogP contribution >= 0.6 is 44.8 Å². The highest BCUT2D eigenvalue weighted by molar-refractivity contribution is 8.32. The Morgan fingerprint density at radius 1 is 0.431 bits per heavy atom. The van der Waals surface area contributed by atoms with E-state index in [9.17, 15) is 100 Å². The Labute approximate surface area is 775 Å². The summed E-state index contributed by atoms with van der Waals surface area (Å²) in [5.74, 6) is -0.812. The van der Waals surface area contributed by atoms with Crippen molar-refractivity contribution in [3.63, 3.8) is 0 Å². The second kappa shape index (κ2) is 43.3. The molecule has 0 spiro atoms. The summed E-state index contributed by atoms with van der Waals surface area (Å²) in [6.45, 7) is -15.5. The molecule has 7 aliphatic heterocycles. The Hall–Kier alpha value is -7.54. The van der Waals surface area contributed by atoms with Gasteiger partial charge in [-0.15, -0.1) is 0 Å². The minimum atomic E-state index is -6.24. The van der Waals surface area contributed by atoms with Crippen LogP contribution in [0.4, 0.5) is 11.8 Å². The van der Waals surface area contributed by atoms with E-state index in [0.717, 1.165) is 124 Å². The number of H-pyrrole nitrogens is 5. The summed E-state index contributed by atoms with van der Waals surface area (Å²) in [5.41, 5.74) is 0.933. The summed E-state index contributed by atoms with van der Waals surface area (Å²) < 4.78 is 220. The molecule has 0 radical (unpaired) electrons. The number of aliphatic hydroxyl groups excluding tert-OH is 1. The van der Waals surface area contributed by atoms with E-state index in [1.165, 1.54) is 0 Å². The Kier molecular flexibility index (Phi) is 33.3. The van der Waals surface area contributed by atoms with Crippen LogP contribution in [0, 0.1) is 0 Å². The molecule has 7 fully saturated rings. The molecule has 10 N–H and O–H groups in total. The number of aromatic nitrogens is 14. The van der Waals surface area contributed by atoms with Crippen LogP contribution in [-0.4, -0.2) is 283 Å². The van der Waals surface area contributed by atoms with Gasteiger partial charge >= 0.3 is 28.4 Å². The largest absolute Gasteiger partial charge is 0.780 e. The van der Waals surface area contributed by atoms with Crippen LogP contribution in [0.2, 0.25) is 0 Å². The number of nitrogens with two attached hydrogens (primary N) is 2. The van der Waals surface area contributed by atoms with Gasteiger partial charge in [0.25, 0.3) is 59.1 Å². The van der Waals surface area contributed by atoms with Gasteiger partial charge in [-0.2, -0.15) is 9.97 Å². The normalized spacial score (nSPS) is 32.8. The second-order valence-corrected chi connectivity index (χ2v) is 41.3. The predicted molar refractivity (Wildman–Crippen MR) is 444 cm³/mol. The van der Waals surface area contributed by atoms with E-state index >= 15 is 0 Å². The van der Waals surface area contributed by atoms with E-state index in [0.29, 0.717) is 13.7 Å². The minimum Gasteiger partial charge on any atom is -0.780 e. The van der Waals surface area contributed by atoms with Gasteiger partial charge in [0.1, 0.15) is 122 Å². The average Bonchev–Trinajstić information content (AvgIpc) is 1.24. The number of nitrogens with zero attached hydrogens (tertiary/aromatic N) is 9. The molecule has 14 heterocycles. The maximum Gasteiger partial charge on any atom is 0.351 e. The van der Waals surface area contributed by atoms with E-state index < -0.39 is 306 Å². The number of nitrogens with one attached hydrogen (secondary N) is 5. The molecule has 14 rings (SSSR count). The smallest absolute Gasteiger partial charge is 0.351 e. The van der Waals surface area contributed by atoms with Crippen LogP contribution in [0.5, 0.6) is 0 Å². The number of imidazole rings is 1. The number of methoxy groups -OCH3 is 6. The zero-order chi connectivity index (χ0) is 99.0.